The maximum atomic E-state index is 11.7. The fraction of sp³-hybridized carbons (Fsp3) is 0. The van der Waals surface area contributed by atoms with Crippen LogP contribution in [0.1, 0.15) is 10.5 Å². The van der Waals surface area contributed by atoms with Gasteiger partial charge in [0.25, 0.3) is 5.91 Å². The molecule has 1 heterocycles. The number of hydrogen-bond acceptors (Lipinski definition) is 4. The van der Waals surface area contributed by atoms with Crippen LogP contribution in [-0.2, 0) is 0 Å². The molecule has 1 amide bonds. The first kappa shape index (κ1) is 10.2. The van der Waals surface area contributed by atoms with Crippen LogP contribution in [0, 0.1) is 0 Å². The minimum atomic E-state index is -0.750. The Morgan fingerprint density at radius 2 is 2.06 bits per heavy atom. The summed E-state index contributed by atoms with van der Waals surface area (Å²) in [4.78, 5) is 25.6. The third kappa shape index (κ3) is 1.41. The number of nitrogens with one attached hydrogen (secondary N) is 2. The van der Waals surface area contributed by atoms with E-state index >= 15 is 0 Å². The molecule has 0 saturated heterocycles. The zero-order chi connectivity index (χ0) is 11.7. The average Bonchev–Trinajstić information content (AvgIpc) is 2.33. The van der Waals surface area contributed by atoms with Crippen LogP contribution in [0.4, 0.5) is 0 Å². The number of nitrogens with two attached hydrogens (primary N) is 1. The van der Waals surface area contributed by atoms with Gasteiger partial charge in [0, 0.05) is 5.39 Å². The standard InChI is InChI=1S/C10H9N3O3/c11-13-10(16)7-9(15)8(14)5-3-1-2-4-6(5)12-7/h1-4,15H,11H2,(H,12,14)(H,13,16). The average molecular weight is 219 g/mol. The van der Waals surface area contributed by atoms with Gasteiger partial charge in [-0.2, -0.15) is 0 Å². The Kier molecular flexibility index (Phi) is 2.34. The van der Waals surface area contributed by atoms with Crippen molar-refractivity contribution in [3.05, 3.63) is 40.2 Å². The van der Waals surface area contributed by atoms with Gasteiger partial charge in [-0.25, -0.2) is 5.84 Å². The lowest BCUT2D eigenvalue weighted by atomic mass is 10.1. The number of carbonyl (C=O) groups excluding carboxylic acids is 1. The van der Waals surface area contributed by atoms with Crippen molar-refractivity contribution in [3.8, 4) is 5.75 Å². The third-order valence-corrected chi connectivity index (χ3v) is 2.24. The highest BCUT2D eigenvalue weighted by Crippen LogP contribution is 2.15. The lowest BCUT2D eigenvalue weighted by molar-refractivity contribution is 0.0946. The van der Waals surface area contributed by atoms with Crippen molar-refractivity contribution in [2.75, 3.05) is 0 Å². The molecule has 0 aliphatic rings. The Labute approximate surface area is 89.7 Å². The van der Waals surface area contributed by atoms with Crippen LogP contribution < -0.4 is 16.7 Å². The molecule has 0 aliphatic carbocycles. The molecule has 2 rings (SSSR count). The Morgan fingerprint density at radius 1 is 1.38 bits per heavy atom. The molecule has 0 atom stereocenters. The normalized spacial score (nSPS) is 10.3. The van der Waals surface area contributed by atoms with E-state index in [-0.39, 0.29) is 5.69 Å². The Hall–Kier alpha value is -2.34. The molecule has 0 fully saturated rings. The van der Waals surface area contributed by atoms with E-state index in [4.69, 9.17) is 5.84 Å². The molecule has 0 spiro atoms. The first-order valence-electron chi connectivity index (χ1n) is 4.50. The number of pyridine rings is 1. The van der Waals surface area contributed by atoms with Gasteiger partial charge in [-0.15, -0.1) is 0 Å². The number of benzene rings is 1. The first-order valence-corrected chi connectivity index (χ1v) is 4.50. The maximum absolute atomic E-state index is 11.7. The van der Waals surface area contributed by atoms with Crippen LogP contribution in [0.3, 0.4) is 0 Å². The number of nitrogen functional groups attached to an aromatic ring is 1. The summed E-state index contributed by atoms with van der Waals surface area (Å²) >= 11 is 0. The Balaban J connectivity index is 2.84. The number of aromatic nitrogens is 1. The minimum Gasteiger partial charge on any atom is -0.503 e. The van der Waals surface area contributed by atoms with Crippen LogP contribution >= 0.6 is 0 Å². The molecule has 0 bridgehead atoms. The minimum absolute atomic E-state index is 0.244. The lowest BCUT2D eigenvalue weighted by Crippen LogP contribution is -2.31. The van der Waals surface area contributed by atoms with Crippen LogP contribution in [0.5, 0.6) is 5.75 Å². The summed E-state index contributed by atoms with van der Waals surface area (Å²) in [7, 11) is 0. The number of aromatic hydroxyl groups is 1. The first-order chi connectivity index (χ1) is 7.65. The summed E-state index contributed by atoms with van der Waals surface area (Å²) in [6, 6.07) is 6.56. The summed E-state index contributed by atoms with van der Waals surface area (Å²) < 4.78 is 0. The molecule has 0 unspecified atom stereocenters. The van der Waals surface area contributed by atoms with Crippen molar-refractivity contribution in [2.24, 2.45) is 5.84 Å². The van der Waals surface area contributed by atoms with Crippen molar-refractivity contribution < 1.29 is 9.90 Å². The number of fused-ring (bicyclic) bond motifs is 1. The molecular weight excluding hydrogens is 210 g/mol. The number of para-hydroxylation sites is 1. The summed E-state index contributed by atoms with van der Waals surface area (Å²) in [6.45, 7) is 0. The van der Waals surface area contributed by atoms with E-state index < -0.39 is 17.1 Å². The molecule has 2 aromatic rings. The topological polar surface area (TPSA) is 108 Å². The quantitative estimate of drug-likeness (QED) is 0.303. The summed E-state index contributed by atoms with van der Waals surface area (Å²) in [6.07, 6.45) is 0. The van der Waals surface area contributed by atoms with Gasteiger partial charge in [0.15, 0.2) is 11.4 Å². The lowest BCUT2D eigenvalue weighted by Gasteiger charge is -2.05. The highest BCUT2D eigenvalue weighted by molar-refractivity contribution is 5.97. The Bertz CT molecular complexity index is 618. The van der Waals surface area contributed by atoms with E-state index in [1.807, 2.05) is 5.43 Å². The van der Waals surface area contributed by atoms with E-state index in [0.29, 0.717) is 10.9 Å². The number of carbonyl (C=O) groups is 1. The second-order valence-electron chi connectivity index (χ2n) is 3.20. The fourth-order valence-corrected chi connectivity index (χ4v) is 1.46. The molecule has 6 heteroatoms. The van der Waals surface area contributed by atoms with Gasteiger partial charge < -0.3 is 10.1 Å². The van der Waals surface area contributed by atoms with Gasteiger partial charge in [-0.1, -0.05) is 12.1 Å². The second kappa shape index (κ2) is 3.67. The van der Waals surface area contributed by atoms with Crippen molar-refractivity contribution >= 4 is 16.8 Å². The fourth-order valence-electron chi connectivity index (χ4n) is 1.46. The number of amides is 1. The predicted octanol–water partition coefficient (Wildman–Crippen LogP) is -0.163. The molecule has 5 N–H and O–H groups in total. The predicted molar refractivity (Wildman–Crippen MR) is 57.9 cm³/mol. The van der Waals surface area contributed by atoms with Gasteiger partial charge in [-0.3, -0.25) is 15.0 Å². The molecular formula is C10H9N3O3. The summed E-state index contributed by atoms with van der Waals surface area (Å²) in [5.41, 5.74) is 1.46. The van der Waals surface area contributed by atoms with Crippen molar-refractivity contribution in [2.45, 2.75) is 0 Å². The van der Waals surface area contributed by atoms with Gasteiger partial charge in [0.2, 0.25) is 5.43 Å². The maximum Gasteiger partial charge on any atom is 0.285 e. The second-order valence-corrected chi connectivity index (χ2v) is 3.20. The largest absolute Gasteiger partial charge is 0.503 e. The summed E-state index contributed by atoms with van der Waals surface area (Å²) in [5.74, 6) is 3.55. The molecule has 0 aliphatic heterocycles. The van der Waals surface area contributed by atoms with E-state index in [1.54, 1.807) is 24.3 Å². The van der Waals surface area contributed by atoms with Crippen LogP contribution in [0.15, 0.2) is 29.1 Å². The van der Waals surface area contributed by atoms with Gasteiger partial charge in [-0.05, 0) is 12.1 Å². The molecule has 1 aromatic heterocycles. The Morgan fingerprint density at radius 3 is 2.75 bits per heavy atom. The molecule has 82 valence electrons. The van der Waals surface area contributed by atoms with Crippen molar-refractivity contribution in [3.63, 3.8) is 0 Å². The summed E-state index contributed by atoms with van der Waals surface area (Å²) in [5, 5.41) is 9.85. The van der Waals surface area contributed by atoms with Crippen molar-refractivity contribution in [1.82, 2.24) is 10.4 Å². The number of hydrogen-bond donors (Lipinski definition) is 4. The number of aromatic amines is 1. The van der Waals surface area contributed by atoms with E-state index in [9.17, 15) is 14.7 Å². The monoisotopic (exact) mass is 219 g/mol. The van der Waals surface area contributed by atoms with Gasteiger partial charge in [0.05, 0.1) is 5.52 Å². The van der Waals surface area contributed by atoms with Crippen molar-refractivity contribution in [1.29, 1.82) is 0 Å². The van der Waals surface area contributed by atoms with E-state index in [0.717, 1.165) is 0 Å². The highest BCUT2D eigenvalue weighted by atomic mass is 16.3. The molecule has 1 aromatic carbocycles. The molecule has 0 radical (unpaired) electrons. The van der Waals surface area contributed by atoms with E-state index in [2.05, 4.69) is 4.98 Å². The number of rotatable bonds is 1. The number of H-pyrrole nitrogens is 1. The molecule has 6 nitrogen and oxygen atoms in total. The molecule has 16 heavy (non-hydrogen) atoms. The third-order valence-electron chi connectivity index (χ3n) is 2.24. The zero-order valence-corrected chi connectivity index (χ0v) is 8.15. The van der Waals surface area contributed by atoms with Crippen LogP contribution in [-0.4, -0.2) is 16.0 Å². The van der Waals surface area contributed by atoms with E-state index in [1.165, 1.54) is 0 Å². The SMILES string of the molecule is NNC(=O)c1[nH]c2ccccc2c(=O)c1O. The van der Waals surface area contributed by atoms with Gasteiger partial charge >= 0.3 is 0 Å². The zero-order valence-electron chi connectivity index (χ0n) is 8.15. The number of hydrazine groups is 1. The van der Waals surface area contributed by atoms with Gasteiger partial charge in [0.1, 0.15) is 0 Å². The smallest absolute Gasteiger partial charge is 0.285 e. The van der Waals surface area contributed by atoms with Crippen LogP contribution in [0.2, 0.25) is 0 Å². The molecule has 0 saturated carbocycles. The van der Waals surface area contributed by atoms with Crippen LogP contribution in [0.25, 0.3) is 10.9 Å². The highest BCUT2D eigenvalue weighted by Gasteiger charge is 2.15.